The number of rotatable bonds is 5. The maximum Gasteiger partial charge on any atom is 0.249 e. The molecule has 2 aromatic rings. The Morgan fingerprint density at radius 3 is 2.83 bits per heavy atom. The number of aromatic nitrogens is 3. The minimum Gasteiger partial charge on any atom is -0.383 e. The average Bonchev–Trinajstić information content (AvgIpc) is 3.34. The summed E-state index contributed by atoms with van der Waals surface area (Å²) < 4.78 is 2.05. The molecule has 0 bridgehead atoms. The van der Waals surface area contributed by atoms with E-state index in [-0.39, 0.29) is 11.8 Å². The van der Waals surface area contributed by atoms with Crippen LogP contribution in [0.15, 0.2) is 24.8 Å². The summed E-state index contributed by atoms with van der Waals surface area (Å²) in [7, 11) is 0. The van der Waals surface area contributed by atoms with E-state index < -0.39 is 6.10 Å². The van der Waals surface area contributed by atoms with E-state index in [0.717, 1.165) is 56.7 Å². The highest BCUT2D eigenvalue weighted by atomic mass is 16.3. The van der Waals surface area contributed by atoms with Gasteiger partial charge in [0.15, 0.2) is 5.65 Å². The number of imidazole rings is 1. The fraction of sp³-hybridized carbons (Fsp3) is 0.588. The molecule has 7 heteroatoms. The first-order chi connectivity index (χ1) is 11.7. The molecule has 0 radical (unpaired) electrons. The topological polar surface area (TPSA) is 82.8 Å². The lowest BCUT2D eigenvalue weighted by molar-refractivity contribution is -0.133. The maximum absolute atomic E-state index is 12.0. The Bertz CT molecular complexity index is 719. The Morgan fingerprint density at radius 1 is 1.29 bits per heavy atom. The van der Waals surface area contributed by atoms with Crippen molar-refractivity contribution in [1.29, 1.82) is 0 Å². The predicted octanol–water partition coefficient (Wildman–Crippen LogP) is 0.581. The van der Waals surface area contributed by atoms with Crippen molar-refractivity contribution in [2.24, 2.45) is 5.92 Å². The molecule has 24 heavy (non-hydrogen) atoms. The number of carbonyl (C=O) groups excluding carboxylic acids is 1. The first-order valence-corrected chi connectivity index (χ1v) is 8.67. The van der Waals surface area contributed by atoms with Crippen LogP contribution in [0.1, 0.15) is 31.4 Å². The standard InChI is InChI=1S/C17H23N5O2/c23-16(17(24)20-13-1-2-13)12-3-6-21(7-4-12)11-14-9-19-15-10-18-5-8-22(14)15/h5,8-10,12-13,16,23H,1-4,6-7,11H2,(H,20,24). The summed E-state index contributed by atoms with van der Waals surface area (Å²) >= 11 is 0. The summed E-state index contributed by atoms with van der Waals surface area (Å²) in [5.41, 5.74) is 1.99. The van der Waals surface area contributed by atoms with Gasteiger partial charge in [-0.25, -0.2) is 4.98 Å². The number of carbonyl (C=O) groups is 1. The summed E-state index contributed by atoms with van der Waals surface area (Å²) in [6, 6.07) is 0.303. The molecule has 1 atom stereocenters. The molecule has 1 saturated carbocycles. The van der Waals surface area contributed by atoms with Crippen LogP contribution in [0.25, 0.3) is 5.65 Å². The second kappa shape index (κ2) is 6.49. The van der Waals surface area contributed by atoms with Gasteiger partial charge in [-0.3, -0.25) is 19.1 Å². The Balaban J connectivity index is 1.31. The van der Waals surface area contributed by atoms with E-state index in [4.69, 9.17) is 0 Å². The van der Waals surface area contributed by atoms with Crippen molar-refractivity contribution in [1.82, 2.24) is 24.6 Å². The molecule has 1 unspecified atom stereocenters. The third-order valence-corrected chi connectivity index (χ3v) is 5.05. The molecule has 2 aliphatic rings. The summed E-state index contributed by atoms with van der Waals surface area (Å²) in [6.45, 7) is 2.59. The monoisotopic (exact) mass is 329 g/mol. The molecule has 0 aromatic carbocycles. The number of nitrogens with one attached hydrogen (secondary N) is 1. The van der Waals surface area contributed by atoms with Gasteiger partial charge in [-0.2, -0.15) is 0 Å². The van der Waals surface area contributed by atoms with Crippen LogP contribution in [0, 0.1) is 5.92 Å². The normalized spacial score (nSPS) is 21.0. The highest BCUT2D eigenvalue weighted by molar-refractivity contribution is 5.81. The zero-order chi connectivity index (χ0) is 16.5. The van der Waals surface area contributed by atoms with E-state index in [1.807, 2.05) is 12.4 Å². The minimum atomic E-state index is -0.866. The third kappa shape index (κ3) is 3.27. The molecular formula is C17H23N5O2. The zero-order valence-corrected chi connectivity index (χ0v) is 13.6. The number of nitrogens with zero attached hydrogens (tertiary/aromatic N) is 4. The fourth-order valence-corrected chi connectivity index (χ4v) is 3.40. The average molecular weight is 329 g/mol. The number of hydrogen-bond donors (Lipinski definition) is 2. The Kier molecular flexibility index (Phi) is 4.20. The number of fused-ring (bicyclic) bond motifs is 1. The number of piperidine rings is 1. The summed E-state index contributed by atoms with van der Waals surface area (Å²) in [5, 5.41) is 13.2. The molecule has 2 aromatic heterocycles. The molecule has 3 heterocycles. The number of amides is 1. The second-order valence-corrected chi connectivity index (χ2v) is 6.90. The molecule has 1 saturated heterocycles. The van der Waals surface area contributed by atoms with Crippen LogP contribution in [0.3, 0.4) is 0 Å². The molecule has 2 N–H and O–H groups in total. The van der Waals surface area contributed by atoms with Gasteiger partial charge >= 0.3 is 0 Å². The van der Waals surface area contributed by atoms with Crippen molar-refractivity contribution in [2.45, 2.75) is 44.4 Å². The molecule has 1 aliphatic heterocycles. The van der Waals surface area contributed by atoms with E-state index in [0.29, 0.717) is 6.04 Å². The summed E-state index contributed by atoms with van der Waals surface area (Å²) in [5.74, 6) is -0.128. The van der Waals surface area contributed by atoms with Crippen LogP contribution in [-0.2, 0) is 11.3 Å². The van der Waals surface area contributed by atoms with Gasteiger partial charge in [0.2, 0.25) is 5.91 Å². The molecule has 2 fully saturated rings. The van der Waals surface area contributed by atoms with E-state index >= 15 is 0 Å². The maximum atomic E-state index is 12.0. The highest BCUT2D eigenvalue weighted by Crippen LogP contribution is 2.24. The molecular weight excluding hydrogens is 306 g/mol. The second-order valence-electron chi connectivity index (χ2n) is 6.90. The quantitative estimate of drug-likeness (QED) is 0.838. The highest BCUT2D eigenvalue weighted by Gasteiger charge is 2.33. The first kappa shape index (κ1) is 15.5. The SMILES string of the molecule is O=C(NC1CC1)C(O)C1CCN(Cc2cnc3cnccn23)CC1. The van der Waals surface area contributed by atoms with Gasteiger partial charge in [-0.1, -0.05) is 0 Å². The van der Waals surface area contributed by atoms with Gasteiger partial charge in [0.25, 0.3) is 0 Å². The van der Waals surface area contributed by atoms with Gasteiger partial charge < -0.3 is 10.4 Å². The van der Waals surface area contributed by atoms with Crippen LogP contribution in [0.5, 0.6) is 0 Å². The lowest BCUT2D eigenvalue weighted by Gasteiger charge is -2.33. The lowest BCUT2D eigenvalue weighted by Crippen LogP contribution is -2.45. The number of aliphatic hydroxyl groups excluding tert-OH is 1. The van der Waals surface area contributed by atoms with Crippen molar-refractivity contribution in [3.63, 3.8) is 0 Å². The van der Waals surface area contributed by atoms with Crippen molar-refractivity contribution in [2.75, 3.05) is 13.1 Å². The van der Waals surface area contributed by atoms with Gasteiger partial charge in [-0.05, 0) is 44.7 Å². The number of likely N-dealkylation sites (tertiary alicyclic amines) is 1. The van der Waals surface area contributed by atoms with E-state index in [1.165, 1.54) is 0 Å². The molecule has 0 spiro atoms. The van der Waals surface area contributed by atoms with Gasteiger partial charge in [0.1, 0.15) is 6.10 Å². The lowest BCUT2D eigenvalue weighted by atomic mass is 9.90. The number of hydrogen-bond acceptors (Lipinski definition) is 5. The molecule has 128 valence electrons. The fourth-order valence-electron chi connectivity index (χ4n) is 3.40. The van der Waals surface area contributed by atoms with Crippen LogP contribution in [0.4, 0.5) is 0 Å². The van der Waals surface area contributed by atoms with Gasteiger partial charge in [0.05, 0.1) is 18.1 Å². The summed E-state index contributed by atoms with van der Waals surface area (Å²) in [4.78, 5) is 22.8. The van der Waals surface area contributed by atoms with Crippen molar-refractivity contribution >= 4 is 11.6 Å². The Morgan fingerprint density at radius 2 is 2.08 bits per heavy atom. The van der Waals surface area contributed by atoms with E-state index in [2.05, 4.69) is 24.6 Å². The predicted molar refractivity (Wildman–Crippen MR) is 88.2 cm³/mol. The Hall–Kier alpha value is -1.99. The van der Waals surface area contributed by atoms with Crippen molar-refractivity contribution in [3.05, 3.63) is 30.5 Å². The largest absolute Gasteiger partial charge is 0.383 e. The van der Waals surface area contributed by atoms with Gasteiger partial charge in [-0.15, -0.1) is 0 Å². The summed E-state index contributed by atoms with van der Waals surface area (Å²) in [6.07, 6.45) is 10.3. The first-order valence-electron chi connectivity index (χ1n) is 8.67. The van der Waals surface area contributed by atoms with Crippen LogP contribution in [-0.4, -0.2) is 55.5 Å². The van der Waals surface area contributed by atoms with Crippen LogP contribution >= 0.6 is 0 Å². The molecule has 4 rings (SSSR count). The zero-order valence-electron chi connectivity index (χ0n) is 13.6. The molecule has 1 aliphatic carbocycles. The Labute approximate surface area is 140 Å². The van der Waals surface area contributed by atoms with Crippen LogP contribution < -0.4 is 5.32 Å². The smallest absolute Gasteiger partial charge is 0.249 e. The van der Waals surface area contributed by atoms with E-state index in [9.17, 15) is 9.90 Å². The third-order valence-electron chi connectivity index (χ3n) is 5.05. The van der Waals surface area contributed by atoms with Crippen LogP contribution in [0.2, 0.25) is 0 Å². The van der Waals surface area contributed by atoms with Gasteiger partial charge in [0, 0.05) is 25.0 Å². The molecule has 7 nitrogen and oxygen atoms in total. The number of aliphatic hydroxyl groups is 1. The van der Waals surface area contributed by atoms with Crippen molar-refractivity contribution in [3.8, 4) is 0 Å². The van der Waals surface area contributed by atoms with E-state index in [1.54, 1.807) is 12.4 Å². The molecule has 1 amide bonds. The minimum absolute atomic E-state index is 0.0615. The van der Waals surface area contributed by atoms with Crippen molar-refractivity contribution < 1.29 is 9.90 Å².